The predicted molar refractivity (Wildman–Crippen MR) is 90.6 cm³/mol. The highest BCUT2D eigenvalue weighted by molar-refractivity contribution is 6.30. The highest BCUT2D eigenvalue weighted by atomic mass is 35.5. The molecule has 0 radical (unpaired) electrons. The second-order valence-electron chi connectivity index (χ2n) is 5.53. The summed E-state index contributed by atoms with van der Waals surface area (Å²) in [5.74, 6) is 0.751. The van der Waals surface area contributed by atoms with E-state index in [1.54, 1.807) is 6.20 Å². The fourth-order valence-corrected chi connectivity index (χ4v) is 2.89. The summed E-state index contributed by atoms with van der Waals surface area (Å²) < 4.78 is 5.41. The van der Waals surface area contributed by atoms with E-state index in [9.17, 15) is 0 Å². The van der Waals surface area contributed by atoms with Crippen LogP contribution in [0.3, 0.4) is 0 Å². The van der Waals surface area contributed by atoms with Crippen LogP contribution in [-0.4, -0.2) is 34.4 Å². The van der Waals surface area contributed by atoms with Gasteiger partial charge in [-0.15, -0.1) is 10.2 Å². The molecule has 116 valence electrons. The first-order valence-electron chi connectivity index (χ1n) is 7.52. The smallest absolute Gasteiger partial charge is 0.158 e. The lowest BCUT2D eigenvalue weighted by atomic mass is 10.1. The quantitative estimate of drug-likeness (QED) is 0.797. The van der Waals surface area contributed by atoms with Gasteiger partial charge in [0.25, 0.3) is 0 Å². The van der Waals surface area contributed by atoms with Gasteiger partial charge in [0.2, 0.25) is 0 Å². The number of benzene rings is 1. The number of fused-ring (bicyclic) bond motifs is 1. The number of pyridine rings is 1. The summed E-state index contributed by atoms with van der Waals surface area (Å²) in [6.07, 6.45) is 4.57. The molecule has 1 fully saturated rings. The van der Waals surface area contributed by atoms with Crippen molar-refractivity contribution in [1.29, 1.82) is 0 Å². The molecule has 1 unspecified atom stereocenters. The number of halogens is 1. The van der Waals surface area contributed by atoms with Crippen molar-refractivity contribution in [2.45, 2.75) is 12.5 Å². The first kappa shape index (κ1) is 14.4. The minimum absolute atomic E-state index is 0.272. The minimum atomic E-state index is 0.272. The van der Waals surface area contributed by atoms with Gasteiger partial charge in [-0.2, -0.15) is 0 Å². The van der Waals surface area contributed by atoms with Gasteiger partial charge in [0, 0.05) is 40.4 Å². The zero-order valence-corrected chi connectivity index (χ0v) is 13.1. The zero-order chi connectivity index (χ0) is 15.6. The molecule has 0 aliphatic carbocycles. The van der Waals surface area contributed by atoms with E-state index < -0.39 is 0 Å². The van der Waals surface area contributed by atoms with Gasteiger partial charge in [-0.05, 0) is 24.6 Å². The second kappa shape index (κ2) is 6.10. The molecule has 0 spiro atoms. The van der Waals surface area contributed by atoms with Crippen molar-refractivity contribution in [2.75, 3.05) is 18.5 Å². The van der Waals surface area contributed by atoms with Crippen molar-refractivity contribution < 1.29 is 4.74 Å². The third-order valence-electron chi connectivity index (χ3n) is 3.97. The van der Waals surface area contributed by atoms with Gasteiger partial charge in [-0.3, -0.25) is 4.98 Å². The fourth-order valence-electron chi connectivity index (χ4n) is 2.77. The third-order valence-corrected chi connectivity index (χ3v) is 4.22. The highest BCUT2D eigenvalue weighted by Crippen LogP contribution is 2.30. The van der Waals surface area contributed by atoms with Crippen molar-refractivity contribution in [3.05, 3.63) is 47.7 Å². The molecule has 2 aromatic heterocycles. The SMILES string of the molecule is Clc1ccc(-c2nnc(NC3CCOC3)c3cnccc23)cc1. The first-order chi connectivity index (χ1) is 11.3. The molecule has 1 atom stereocenters. The molecular weight excluding hydrogens is 312 g/mol. The summed E-state index contributed by atoms with van der Waals surface area (Å²) in [5.41, 5.74) is 1.81. The molecule has 5 nitrogen and oxygen atoms in total. The Kier molecular flexibility index (Phi) is 3.81. The summed E-state index contributed by atoms with van der Waals surface area (Å²) in [4.78, 5) is 4.24. The van der Waals surface area contributed by atoms with Crippen LogP contribution in [0.1, 0.15) is 6.42 Å². The molecule has 6 heteroatoms. The van der Waals surface area contributed by atoms with Gasteiger partial charge < -0.3 is 10.1 Å². The minimum Gasteiger partial charge on any atom is -0.379 e. The maximum Gasteiger partial charge on any atom is 0.158 e. The topological polar surface area (TPSA) is 59.9 Å². The van der Waals surface area contributed by atoms with Crippen molar-refractivity contribution in [3.63, 3.8) is 0 Å². The Morgan fingerprint density at radius 2 is 1.96 bits per heavy atom. The van der Waals surface area contributed by atoms with Crippen LogP contribution in [0.15, 0.2) is 42.7 Å². The summed E-state index contributed by atoms with van der Waals surface area (Å²) in [6.45, 7) is 1.48. The van der Waals surface area contributed by atoms with Gasteiger partial charge >= 0.3 is 0 Å². The van der Waals surface area contributed by atoms with Gasteiger partial charge in [0.15, 0.2) is 5.82 Å². The molecule has 0 saturated carbocycles. The molecule has 1 aliphatic heterocycles. The van der Waals surface area contributed by atoms with Crippen molar-refractivity contribution in [3.8, 4) is 11.3 Å². The van der Waals surface area contributed by atoms with E-state index in [1.165, 1.54) is 0 Å². The molecule has 4 rings (SSSR count). The van der Waals surface area contributed by atoms with Crippen molar-refractivity contribution >= 4 is 28.2 Å². The Bertz CT molecular complexity index is 832. The average molecular weight is 327 g/mol. The Hall–Kier alpha value is -2.24. The van der Waals surface area contributed by atoms with Gasteiger partial charge in [0.05, 0.1) is 12.6 Å². The van der Waals surface area contributed by atoms with Crippen LogP contribution in [0.5, 0.6) is 0 Å². The van der Waals surface area contributed by atoms with E-state index in [-0.39, 0.29) is 6.04 Å². The largest absolute Gasteiger partial charge is 0.379 e. The maximum absolute atomic E-state index is 5.97. The molecular formula is C17H15ClN4O. The first-order valence-corrected chi connectivity index (χ1v) is 7.90. The lowest BCUT2D eigenvalue weighted by Crippen LogP contribution is -2.20. The van der Waals surface area contributed by atoms with Crippen LogP contribution in [0, 0.1) is 0 Å². The monoisotopic (exact) mass is 326 g/mol. The van der Waals surface area contributed by atoms with Crippen LogP contribution in [-0.2, 0) is 4.74 Å². The Morgan fingerprint density at radius 1 is 1.09 bits per heavy atom. The highest BCUT2D eigenvalue weighted by Gasteiger charge is 2.18. The maximum atomic E-state index is 5.97. The van der Waals surface area contributed by atoms with E-state index in [1.807, 2.05) is 36.5 Å². The number of hydrogen-bond acceptors (Lipinski definition) is 5. The van der Waals surface area contributed by atoms with Gasteiger partial charge in [-0.25, -0.2) is 0 Å². The number of nitrogens with one attached hydrogen (secondary N) is 1. The standard InChI is InChI=1S/C17H15ClN4O/c18-12-3-1-11(2-4-12)16-14-5-7-19-9-15(14)17(22-21-16)20-13-6-8-23-10-13/h1-5,7,9,13H,6,8,10H2,(H,20,22). The number of aromatic nitrogens is 3. The fraction of sp³-hybridized carbons (Fsp3) is 0.235. The van der Waals surface area contributed by atoms with Crippen LogP contribution < -0.4 is 5.32 Å². The van der Waals surface area contributed by atoms with Gasteiger partial charge in [0.1, 0.15) is 5.69 Å². The Labute approximate surface area is 138 Å². The number of rotatable bonds is 3. The Morgan fingerprint density at radius 3 is 2.74 bits per heavy atom. The van der Waals surface area contributed by atoms with E-state index in [2.05, 4.69) is 20.5 Å². The number of anilines is 1. The lowest BCUT2D eigenvalue weighted by molar-refractivity contribution is 0.195. The molecule has 1 aliphatic rings. The van der Waals surface area contributed by atoms with E-state index in [4.69, 9.17) is 16.3 Å². The van der Waals surface area contributed by atoms with Crippen LogP contribution in [0.25, 0.3) is 22.0 Å². The summed E-state index contributed by atoms with van der Waals surface area (Å²) in [6, 6.07) is 9.84. The summed E-state index contributed by atoms with van der Waals surface area (Å²) in [7, 11) is 0. The molecule has 3 heterocycles. The molecule has 1 saturated heterocycles. The van der Waals surface area contributed by atoms with E-state index in [0.717, 1.165) is 40.9 Å². The third kappa shape index (κ3) is 2.85. The summed E-state index contributed by atoms with van der Waals surface area (Å²) >= 11 is 5.97. The van der Waals surface area contributed by atoms with Crippen LogP contribution in [0.2, 0.25) is 5.02 Å². The normalized spacial score (nSPS) is 17.5. The summed E-state index contributed by atoms with van der Waals surface area (Å²) in [5, 5.41) is 14.9. The molecule has 1 N–H and O–H groups in total. The number of ether oxygens (including phenoxy) is 1. The lowest BCUT2D eigenvalue weighted by Gasteiger charge is -2.14. The molecule has 0 amide bonds. The average Bonchev–Trinajstić information content (AvgIpc) is 3.09. The zero-order valence-electron chi connectivity index (χ0n) is 12.4. The van der Waals surface area contributed by atoms with Crippen LogP contribution in [0.4, 0.5) is 5.82 Å². The van der Waals surface area contributed by atoms with Crippen molar-refractivity contribution in [2.24, 2.45) is 0 Å². The van der Waals surface area contributed by atoms with E-state index >= 15 is 0 Å². The second-order valence-corrected chi connectivity index (χ2v) is 5.97. The number of hydrogen-bond donors (Lipinski definition) is 1. The predicted octanol–water partition coefficient (Wildman–Crippen LogP) is 3.55. The molecule has 1 aromatic carbocycles. The van der Waals surface area contributed by atoms with E-state index in [0.29, 0.717) is 11.6 Å². The molecule has 0 bridgehead atoms. The number of nitrogens with zero attached hydrogens (tertiary/aromatic N) is 3. The van der Waals surface area contributed by atoms with Crippen molar-refractivity contribution in [1.82, 2.24) is 15.2 Å². The van der Waals surface area contributed by atoms with Gasteiger partial charge in [-0.1, -0.05) is 23.7 Å². The Balaban J connectivity index is 1.79. The molecule has 23 heavy (non-hydrogen) atoms. The van der Waals surface area contributed by atoms with Crippen LogP contribution >= 0.6 is 11.6 Å². The molecule has 3 aromatic rings.